The van der Waals surface area contributed by atoms with E-state index in [9.17, 15) is 5.11 Å². The fraction of sp³-hybridized carbons (Fsp3) is 0.385. The maximum Gasteiger partial charge on any atom is 0.119 e. The summed E-state index contributed by atoms with van der Waals surface area (Å²) in [5, 5.41) is 12.7. The normalized spacial score (nSPS) is 11.9. The first-order valence-electron chi connectivity index (χ1n) is 5.51. The van der Waals surface area contributed by atoms with Crippen molar-refractivity contribution in [1.29, 1.82) is 0 Å². The van der Waals surface area contributed by atoms with Crippen molar-refractivity contribution >= 4 is 5.69 Å². The minimum atomic E-state index is -0.531. The van der Waals surface area contributed by atoms with Gasteiger partial charge in [-0.2, -0.15) is 0 Å². The SMILES string of the molecule is C=CCOCC(O)CNc1ccc(OC)cc1. The molecule has 1 aromatic rings. The first-order chi connectivity index (χ1) is 8.26. The van der Waals surface area contributed by atoms with Crippen LogP contribution >= 0.6 is 0 Å². The quantitative estimate of drug-likeness (QED) is 0.533. The van der Waals surface area contributed by atoms with Crippen molar-refractivity contribution in [3.05, 3.63) is 36.9 Å². The molecule has 0 aliphatic carbocycles. The number of hydrogen-bond acceptors (Lipinski definition) is 4. The van der Waals surface area contributed by atoms with Crippen molar-refractivity contribution in [2.24, 2.45) is 0 Å². The molecule has 0 aromatic heterocycles. The van der Waals surface area contributed by atoms with Crippen molar-refractivity contribution in [3.8, 4) is 5.75 Å². The Hall–Kier alpha value is -1.52. The minimum Gasteiger partial charge on any atom is -0.497 e. The summed E-state index contributed by atoms with van der Waals surface area (Å²) in [5.41, 5.74) is 0.938. The molecule has 4 heteroatoms. The number of hydrogen-bond donors (Lipinski definition) is 2. The number of anilines is 1. The molecule has 2 N–H and O–H groups in total. The van der Waals surface area contributed by atoms with Crippen LogP contribution in [-0.4, -0.2) is 38.1 Å². The molecule has 0 saturated heterocycles. The number of nitrogens with one attached hydrogen (secondary N) is 1. The van der Waals surface area contributed by atoms with Crippen LogP contribution in [0.25, 0.3) is 0 Å². The van der Waals surface area contributed by atoms with Gasteiger partial charge in [0, 0.05) is 12.2 Å². The first-order valence-corrected chi connectivity index (χ1v) is 5.51. The molecule has 0 bridgehead atoms. The lowest BCUT2D eigenvalue weighted by molar-refractivity contribution is 0.0566. The van der Waals surface area contributed by atoms with Crippen molar-refractivity contribution in [1.82, 2.24) is 0 Å². The summed E-state index contributed by atoms with van der Waals surface area (Å²) in [7, 11) is 1.63. The van der Waals surface area contributed by atoms with Crippen LogP contribution in [0.5, 0.6) is 5.75 Å². The highest BCUT2D eigenvalue weighted by Crippen LogP contribution is 2.14. The van der Waals surface area contributed by atoms with E-state index in [0.29, 0.717) is 19.8 Å². The molecule has 0 fully saturated rings. The Bertz CT molecular complexity index is 324. The van der Waals surface area contributed by atoms with Crippen LogP contribution in [0, 0.1) is 0 Å². The number of rotatable bonds is 8. The van der Waals surface area contributed by atoms with Gasteiger partial charge in [0.2, 0.25) is 0 Å². The van der Waals surface area contributed by atoms with E-state index in [4.69, 9.17) is 9.47 Å². The van der Waals surface area contributed by atoms with Crippen molar-refractivity contribution in [2.75, 3.05) is 32.2 Å². The molecule has 4 nitrogen and oxygen atoms in total. The molecule has 17 heavy (non-hydrogen) atoms. The summed E-state index contributed by atoms with van der Waals surface area (Å²) in [4.78, 5) is 0. The molecule has 0 aliphatic heterocycles. The summed E-state index contributed by atoms with van der Waals surface area (Å²) in [5.74, 6) is 0.811. The zero-order valence-electron chi connectivity index (χ0n) is 10.1. The monoisotopic (exact) mass is 237 g/mol. The fourth-order valence-corrected chi connectivity index (χ4v) is 1.29. The van der Waals surface area contributed by atoms with E-state index >= 15 is 0 Å². The molecule has 0 spiro atoms. The van der Waals surface area contributed by atoms with Gasteiger partial charge in [0.05, 0.1) is 26.4 Å². The molecule has 1 unspecified atom stereocenters. The van der Waals surface area contributed by atoms with Crippen molar-refractivity contribution in [3.63, 3.8) is 0 Å². The van der Waals surface area contributed by atoms with Crippen LogP contribution in [0.15, 0.2) is 36.9 Å². The molecule has 94 valence electrons. The molecular formula is C13H19NO3. The number of aliphatic hydroxyl groups is 1. The second-order valence-corrected chi connectivity index (χ2v) is 3.59. The van der Waals surface area contributed by atoms with E-state index in [2.05, 4.69) is 11.9 Å². The molecule has 0 amide bonds. The Labute approximate surface area is 102 Å². The van der Waals surface area contributed by atoms with Crippen LogP contribution in [-0.2, 0) is 4.74 Å². The van der Waals surface area contributed by atoms with Gasteiger partial charge < -0.3 is 19.9 Å². The number of methoxy groups -OCH3 is 1. The summed E-state index contributed by atoms with van der Waals surface area (Å²) >= 11 is 0. The van der Waals surface area contributed by atoms with Gasteiger partial charge in [-0.3, -0.25) is 0 Å². The lowest BCUT2D eigenvalue weighted by Gasteiger charge is -2.12. The summed E-state index contributed by atoms with van der Waals surface area (Å²) in [6, 6.07) is 7.53. The third kappa shape index (κ3) is 5.38. The third-order valence-corrected chi connectivity index (χ3v) is 2.18. The molecular weight excluding hydrogens is 218 g/mol. The fourth-order valence-electron chi connectivity index (χ4n) is 1.29. The topological polar surface area (TPSA) is 50.7 Å². The van der Waals surface area contributed by atoms with Gasteiger partial charge in [-0.15, -0.1) is 6.58 Å². The minimum absolute atomic E-state index is 0.301. The lowest BCUT2D eigenvalue weighted by atomic mass is 10.3. The number of benzene rings is 1. The maximum absolute atomic E-state index is 9.59. The molecule has 0 heterocycles. The lowest BCUT2D eigenvalue weighted by Crippen LogP contribution is -2.24. The van der Waals surface area contributed by atoms with Crippen LogP contribution in [0.1, 0.15) is 0 Å². The Kier molecular flexibility index (Phi) is 6.14. The van der Waals surface area contributed by atoms with Gasteiger partial charge in [0.15, 0.2) is 0 Å². The van der Waals surface area contributed by atoms with Gasteiger partial charge in [0.1, 0.15) is 5.75 Å². The van der Waals surface area contributed by atoms with Crippen molar-refractivity contribution < 1.29 is 14.6 Å². The Morgan fingerprint density at radius 3 is 2.71 bits per heavy atom. The highest BCUT2D eigenvalue weighted by Gasteiger charge is 2.03. The van der Waals surface area contributed by atoms with Gasteiger partial charge in [0.25, 0.3) is 0 Å². The van der Waals surface area contributed by atoms with E-state index in [-0.39, 0.29) is 0 Å². The predicted molar refractivity (Wildman–Crippen MR) is 68.5 cm³/mol. The van der Waals surface area contributed by atoms with Gasteiger partial charge >= 0.3 is 0 Å². The predicted octanol–water partition coefficient (Wildman–Crippen LogP) is 1.67. The van der Waals surface area contributed by atoms with Crippen LogP contribution in [0.4, 0.5) is 5.69 Å². The highest BCUT2D eigenvalue weighted by atomic mass is 16.5. The van der Waals surface area contributed by atoms with Crippen LogP contribution in [0.2, 0.25) is 0 Å². The Morgan fingerprint density at radius 2 is 2.12 bits per heavy atom. The largest absolute Gasteiger partial charge is 0.497 e. The average molecular weight is 237 g/mol. The van der Waals surface area contributed by atoms with E-state index in [1.165, 1.54) is 0 Å². The van der Waals surface area contributed by atoms with Gasteiger partial charge in [-0.1, -0.05) is 6.08 Å². The maximum atomic E-state index is 9.59. The van der Waals surface area contributed by atoms with Crippen molar-refractivity contribution in [2.45, 2.75) is 6.10 Å². The van der Waals surface area contributed by atoms with E-state index < -0.39 is 6.10 Å². The Morgan fingerprint density at radius 1 is 1.41 bits per heavy atom. The Balaban J connectivity index is 2.26. The first kappa shape index (κ1) is 13.5. The zero-order chi connectivity index (χ0) is 12.5. The van der Waals surface area contributed by atoms with Gasteiger partial charge in [-0.25, -0.2) is 0 Å². The van der Waals surface area contributed by atoms with E-state index in [0.717, 1.165) is 11.4 Å². The number of aliphatic hydroxyl groups excluding tert-OH is 1. The molecule has 0 radical (unpaired) electrons. The smallest absolute Gasteiger partial charge is 0.119 e. The highest BCUT2D eigenvalue weighted by molar-refractivity contribution is 5.46. The number of ether oxygens (including phenoxy) is 2. The molecule has 0 saturated carbocycles. The van der Waals surface area contributed by atoms with E-state index in [1.807, 2.05) is 24.3 Å². The standard InChI is InChI=1S/C13H19NO3/c1-3-8-17-10-12(15)9-14-11-4-6-13(16-2)7-5-11/h3-7,12,14-15H,1,8-10H2,2H3. The molecule has 1 aromatic carbocycles. The van der Waals surface area contributed by atoms with Gasteiger partial charge in [-0.05, 0) is 24.3 Å². The summed E-state index contributed by atoms with van der Waals surface area (Å²) in [6.45, 7) is 4.74. The summed E-state index contributed by atoms with van der Waals surface area (Å²) in [6.07, 6.45) is 1.13. The molecule has 1 rings (SSSR count). The summed E-state index contributed by atoms with van der Waals surface area (Å²) < 4.78 is 10.2. The van der Waals surface area contributed by atoms with Crippen LogP contribution in [0.3, 0.4) is 0 Å². The second-order valence-electron chi connectivity index (χ2n) is 3.59. The van der Waals surface area contributed by atoms with E-state index in [1.54, 1.807) is 13.2 Å². The third-order valence-electron chi connectivity index (χ3n) is 2.18. The zero-order valence-corrected chi connectivity index (χ0v) is 10.1. The average Bonchev–Trinajstić information content (AvgIpc) is 2.37. The second kappa shape index (κ2) is 7.70. The molecule has 0 aliphatic rings. The molecule has 1 atom stereocenters. The van der Waals surface area contributed by atoms with Crippen LogP contribution < -0.4 is 10.1 Å².